The summed E-state index contributed by atoms with van der Waals surface area (Å²) >= 11 is 0. The highest BCUT2D eigenvalue weighted by atomic mass is 16.5. The van der Waals surface area contributed by atoms with E-state index in [9.17, 15) is 0 Å². The highest BCUT2D eigenvalue weighted by molar-refractivity contribution is 5.45. The van der Waals surface area contributed by atoms with Gasteiger partial charge in [-0.05, 0) is 111 Å². The molecule has 0 aromatic heterocycles. The lowest BCUT2D eigenvalue weighted by atomic mass is 9.74. The average molecular weight is 469 g/mol. The Bertz CT molecular complexity index is 942. The van der Waals surface area contributed by atoms with E-state index in [0.717, 1.165) is 40.5 Å². The molecular weight excluding hydrogens is 424 g/mol. The van der Waals surface area contributed by atoms with Crippen molar-refractivity contribution < 1.29 is 4.74 Å². The van der Waals surface area contributed by atoms with Gasteiger partial charge in [0.15, 0.2) is 0 Å². The molecule has 0 spiro atoms. The molecule has 186 valence electrons. The number of ether oxygens (including phenoxy) is 1. The van der Waals surface area contributed by atoms with Crippen LogP contribution >= 0.6 is 0 Å². The van der Waals surface area contributed by atoms with Crippen LogP contribution in [0.25, 0.3) is 0 Å². The summed E-state index contributed by atoms with van der Waals surface area (Å²) in [4.78, 5) is 0. The first-order valence-corrected chi connectivity index (χ1v) is 14.2. The van der Waals surface area contributed by atoms with Gasteiger partial charge in [-0.1, -0.05) is 68.6 Å². The van der Waals surface area contributed by atoms with Gasteiger partial charge in [0.1, 0.15) is 5.75 Å². The zero-order valence-electron chi connectivity index (χ0n) is 21.8. The van der Waals surface area contributed by atoms with Gasteiger partial charge in [0.2, 0.25) is 0 Å². The summed E-state index contributed by atoms with van der Waals surface area (Å²) in [6.45, 7) is 6.58. The van der Waals surface area contributed by atoms with Crippen LogP contribution in [0.15, 0.2) is 61.2 Å². The van der Waals surface area contributed by atoms with Crippen LogP contribution in [-0.4, -0.2) is 6.61 Å². The molecule has 2 aliphatic carbocycles. The predicted molar refractivity (Wildman–Crippen MR) is 149 cm³/mol. The number of hydrogen-bond donors (Lipinski definition) is 0. The van der Waals surface area contributed by atoms with Crippen molar-refractivity contribution in [1.82, 2.24) is 0 Å². The van der Waals surface area contributed by atoms with E-state index in [1.165, 1.54) is 82.6 Å². The lowest BCUT2D eigenvalue weighted by Gasteiger charge is -2.32. The Balaban J connectivity index is 1.18. The molecule has 2 saturated carbocycles. The van der Waals surface area contributed by atoms with E-state index >= 15 is 0 Å². The van der Waals surface area contributed by atoms with E-state index in [-0.39, 0.29) is 0 Å². The standard InChI is InChI=1S/C34H44O/c1-3-5-6-27-7-9-28(10-8-27)11-12-29-15-21-32(22-16-29)33-23-17-30(18-24-33)13-14-31-19-25-34(26-20-31)35-4-2/h3,17-20,23-29,32H,1,4-12,15-16,21-22H2,2H3/t27-,28-,29-,32-. The van der Waals surface area contributed by atoms with Gasteiger partial charge in [0, 0.05) is 11.1 Å². The van der Waals surface area contributed by atoms with Crippen LogP contribution in [0.2, 0.25) is 0 Å². The molecule has 0 radical (unpaired) electrons. The fourth-order valence-corrected chi connectivity index (χ4v) is 6.20. The van der Waals surface area contributed by atoms with Crippen molar-refractivity contribution in [3.63, 3.8) is 0 Å². The fraction of sp³-hybridized carbons (Fsp3) is 0.529. The number of allylic oxidation sites excluding steroid dienone is 1. The van der Waals surface area contributed by atoms with Crippen molar-refractivity contribution in [2.75, 3.05) is 6.61 Å². The largest absolute Gasteiger partial charge is 0.494 e. The summed E-state index contributed by atoms with van der Waals surface area (Å²) in [6, 6.07) is 17.1. The lowest BCUT2D eigenvalue weighted by Crippen LogP contribution is -2.17. The minimum Gasteiger partial charge on any atom is -0.494 e. The summed E-state index contributed by atoms with van der Waals surface area (Å²) in [5.41, 5.74) is 3.63. The molecule has 4 rings (SSSR count). The van der Waals surface area contributed by atoms with E-state index in [1.54, 1.807) is 0 Å². The average Bonchev–Trinajstić information content (AvgIpc) is 2.92. The molecule has 0 N–H and O–H groups in total. The Labute approximate surface area is 214 Å². The Morgan fingerprint density at radius 1 is 0.714 bits per heavy atom. The van der Waals surface area contributed by atoms with Crippen LogP contribution in [-0.2, 0) is 0 Å². The number of benzene rings is 2. The smallest absolute Gasteiger partial charge is 0.119 e. The monoisotopic (exact) mass is 468 g/mol. The fourth-order valence-electron chi connectivity index (χ4n) is 6.20. The van der Waals surface area contributed by atoms with E-state index in [1.807, 2.05) is 31.2 Å². The van der Waals surface area contributed by atoms with Gasteiger partial charge >= 0.3 is 0 Å². The highest BCUT2D eigenvalue weighted by Crippen LogP contribution is 2.40. The Morgan fingerprint density at radius 3 is 1.71 bits per heavy atom. The van der Waals surface area contributed by atoms with Crippen LogP contribution in [0.4, 0.5) is 0 Å². The van der Waals surface area contributed by atoms with Gasteiger partial charge in [0.05, 0.1) is 6.61 Å². The molecule has 2 fully saturated rings. The number of rotatable bonds is 9. The maximum Gasteiger partial charge on any atom is 0.119 e. The van der Waals surface area contributed by atoms with Crippen LogP contribution in [0.5, 0.6) is 5.75 Å². The topological polar surface area (TPSA) is 9.23 Å². The molecule has 35 heavy (non-hydrogen) atoms. The predicted octanol–water partition coefficient (Wildman–Crippen LogP) is 9.31. The SMILES string of the molecule is C=CCC[C@H]1CC[C@H](CC[C@H]2CC[C@H](c3ccc(C#Cc4ccc(OCC)cc4)cc3)CC2)CC1. The van der Waals surface area contributed by atoms with Crippen LogP contribution in [0.3, 0.4) is 0 Å². The Kier molecular flexibility index (Phi) is 9.94. The maximum absolute atomic E-state index is 5.51. The van der Waals surface area contributed by atoms with Crippen LogP contribution in [0, 0.1) is 29.6 Å². The van der Waals surface area contributed by atoms with Crippen molar-refractivity contribution in [2.24, 2.45) is 17.8 Å². The molecule has 2 aliphatic rings. The first-order valence-electron chi connectivity index (χ1n) is 14.2. The molecule has 0 atom stereocenters. The van der Waals surface area contributed by atoms with Crippen LogP contribution in [0.1, 0.15) is 107 Å². The molecule has 0 unspecified atom stereocenters. The highest BCUT2D eigenvalue weighted by Gasteiger charge is 2.25. The molecule has 0 amide bonds. The van der Waals surface area contributed by atoms with Gasteiger partial charge in [-0.25, -0.2) is 0 Å². The summed E-state index contributed by atoms with van der Waals surface area (Å²) < 4.78 is 5.51. The molecule has 0 heterocycles. The maximum atomic E-state index is 5.51. The second kappa shape index (κ2) is 13.6. The molecule has 1 heteroatoms. The van der Waals surface area contributed by atoms with Gasteiger partial charge < -0.3 is 4.74 Å². The Morgan fingerprint density at radius 2 is 1.20 bits per heavy atom. The summed E-state index contributed by atoms with van der Waals surface area (Å²) in [6.07, 6.45) is 19.0. The first kappa shape index (κ1) is 25.6. The van der Waals surface area contributed by atoms with Crippen molar-refractivity contribution >= 4 is 0 Å². The molecule has 2 aromatic rings. The summed E-state index contributed by atoms with van der Waals surface area (Å²) in [7, 11) is 0. The molecule has 2 aromatic carbocycles. The quantitative estimate of drug-likeness (QED) is 0.263. The minimum atomic E-state index is 0.691. The third-order valence-electron chi connectivity index (χ3n) is 8.47. The molecule has 0 bridgehead atoms. The molecular formula is C34H44O. The molecule has 1 nitrogen and oxygen atoms in total. The van der Waals surface area contributed by atoms with Gasteiger partial charge in [-0.15, -0.1) is 6.58 Å². The van der Waals surface area contributed by atoms with E-state index < -0.39 is 0 Å². The van der Waals surface area contributed by atoms with E-state index in [2.05, 4.69) is 48.8 Å². The zero-order chi connectivity index (χ0) is 24.3. The number of hydrogen-bond acceptors (Lipinski definition) is 1. The second-order valence-corrected chi connectivity index (χ2v) is 10.9. The Hall–Kier alpha value is -2.46. The van der Waals surface area contributed by atoms with Crippen molar-refractivity contribution in [1.29, 1.82) is 0 Å². The van der Waals surface area contributed by atoms with E-state index in [4.69, 9.17) is 4.74 Å². The van der Waals surface area contributed by atoms with Gasteiger partial charge in [-0.2, -0.15) is 0 Å². The molecule has 0 aliphatic heterocycles. The first-order chi connectivity index (χ1) is 17.2. The third-order valence-corrected chi connectivity index (χ3v) is 8.47. The third kappa shape index (κ3) is 8.03. The summed E-state index contributed by atoms with van der Waals surface area (Å²) in [5, 5.41) is 0. The van der Waals surface area contributed by atoms with Crippen molar-refractivity contribution in [2.45, 2.75) is 89.9 Å². The van der Waals surface area contributed by atoms with E-state index in [0.29, 0.717) is 6.61 Å². The zero-order valence-corrected chi connectivity index (χ0v) is 21.8. The second-order valence-electron chi connectivity index (χ2n) is 10.9. The van der Waals surface area contributed by atoms with Gasteiger partial charge in [0.25, 0.3) is 0 Å². The van der Waals surface area contributed by atoms with Crippen LogP contribution < -0.4 is 4.74 Å². The van der Waals surface area contributed by atoms with Gasteiger partial charge in [-0.3, -0.25) is 0 Å². The molecule has 0 saturated heterocycles. The van der Waals surface area contributed by atoms with Crippen molar-refractivity contribution in [3.05, 3.63) is 77.9 Å². The normalized spacial score (nSPS) is 24.3. The minimum absolute atomic E-state index is 0.691. The lowest BCUT2D eigenvalue weighted by molar-refractivity contribution is 0.225. The summed E-state index contributed by atoms with van der Waals surface area (Å²) in [5.74, 6) is 11.2. The van der Waals surface area contributed by atoms with Crippen molar-refractivity contribution in [3.8, 4) is 17.6 Å².